The maximum atomic E-state index is 11.7. The number of carbonyl (C=O) groups excluding carboxylic acids is 1. The molecule has 0 aliphatic rings. The Hall–Kier alpha value is -1.92. The summed E-state index contributed by atoms with van der Waals surface area (Å²) in [5, 5.41) is 17.0. The zero-order valence-electron chi connectivity index (χ0n) is 9.50. The molecule has 94 valence electrons. The second-order valence-corrected chi connectivity index (χ2v) is 3.86. The van der Waals surface area contributed by atoms with Crippen LogP contribution in [0.1, 0.15) is 16.2 Å². The summed E-state index contributed by atoms with van der Waals surface area (Å²) in [6.07, 6.45) is 1.40. The second kappa shape index (κ2) is 5.16. The molecular weight excluding hydrogens is 258 g/mol. The Morgan fingerprint density at radius 1 is 1.56 bits per heavy atom. The van der Waals surface area contributed by atoms with Crippen molar-refractivity contribution in [2.24, 2.45) is 0 Å². The van der Waals surface area contributed by atoms with E-state index in [1.54, 1.807) is 12.1 Å². The van der Waals surface area contributed by atoms with Gasteiger partial charge in [-0.25, -0.2) is 4.79 Å². The van der Waals surface area contributed by atoms with Gasteiger partial charge in [0.1, 0.15) is 12.9 Å². The number of nitrogens with zero attached hydrogens (tertiary/aromatic N) is 3. The van der Waals surface area contributed by atoms with E-state index < -0.39 is 5.97 Å². The Labute approximate surface area is 108 Å². The zero-order chi connectivity index (χ0) is 13.1. The van der Waals surface area contributed by atoms with Crippen molar-refractivity contribution in [1.29, 1.82) is 0 Å². The Morgan fingerprint density at radius 2 is 2.33 bits per heavy atom. The highest BCUT2D eigenvalue weighted by Crippen LogP contribution is 2.21. The van der Waals surface area contributed by atoms with Crippen molar-refractivity contribution >= 4 is 17.6 Å². The zero-order valence-corrected chi connectivity index (χ0v) is 10.3. The third-order valence-electron chi connectivity index (χ3n) is 2.38. The highest BCUT2D eigenvalue weighted by atomic mass is 35.5. The number of ether oxygens (including phenoxy) is 1. The number of aliphatic hydroxyl groups excluding tert-OH is 1. The Morgan fingerprint density at radius 3 is 3.00 bits per heavy atom. The van der Waals surface area contributed by atoms with E-state index in [0.29, 0.717) is 16.5 Å². The fourth-order valence-electron chi connectivity index (χ4n) is 1.56. The number of hydrogen-bond acceptors (Lipinski definition) is 5. The number of halogens is 1. The van der Waals surface area contributed by atoms with E-state index in [2.05, 4.69) is 14.9 Å². The fourth-order valence-corrected chi connectivity index (χ4v) is 1.73. The van der Waals surface area contributed by atoms with Crippen LogP contribution in [0.3, 0.4) is 0 Å². The molecule has 6 nitrogen and oxygen atoms in total. The molecule has 18 heavy (non-hydrogen) atoms. The van der Waals surface area contributed by atoms with Gasteiger partial charge in [-0.3, -0.25) is 4.57 Å². The minimum Gasteiger partial charge on any atom is -0.465 e. The standard InChI is InChI=1S/C11H10ClN3O3/c1-18-11(17)8-4-7(12)2-3-9(8)15-6-13-14-10(15)5-16/h2-4,6,16H,5H2,1H3. The van der Waals surface area contributed by atoms with Crippen LogP contribution in [0.2, 0.25) is 5.02 Å². The maximum absolute atomic E-state index is 11.7. The molecule has 0 amide bonds. The van der Waals surface area contributed by atoms with E-state index in [1.165, 1.54) is 24.1 Å². The van der Waals surface area contributed by atoms with Crippen molar-refractivity contribution in [3.05, 3.63) is 40.9 Å². The van der Waals surface area contributed by atoms with Gasteiger partial charge in [-0.15, -0.1) is 10.2 Å². The van der Waals surface area contributed by atoms with Crippen LogP contribution < -0.4 is 0 Å². The summed E-state index contributed by atoms with van der Waals surface area (Å²) in [6, 6.07) is 4.76. The number of aliphatic hydroxyl groups is 1. The molecule has 0 aliphatic heterocycles. The molecule has 0 unspecified atom stereocenters. The normalized spacial score (nSPS) is 10.4. The van der Waals surface area contributed by atoms with E-state index in [0.717, 1.165) is 0 Å². The lowest BCUT2D eigenvalue weighted by molar-refractivity contribution is 0.0600. The average molecular weight is 268 g/mol. The van der Waals surface area contributed by atoms with Crippen LogP contribution in [0, 0.1) is 0 Å². The van der Waals surface area contributed by atoms with Crippen molar-refractivity contribution in [1.82, 2.24) is 14.8 Å². The van der Waals surface area contributed by atoms with Crippen LogP contribution in [0.5, 0.6) is 0 Å². The Kier molecular flexibility index (Phi) is 3.59. The molecule has 1 heterocycles. The first-order valence-corrected chi connectivity index (χ1v) is 5.43. The van der Waals surface area contributed by atoms with Crippen molar-refractivity contribution in [3.63, 3.8) is 0 Å². The lowest BCUT2D eigenvalue weighted by Crippen LogP contribution is -2.09. The van der Waals surface area contributed by atoms with Gasteiger partial charge in [0.05, 0.1) is 18.4 Å². The van der Waals surface area contributed by atoms with E-state index in [1.807, 2.05) is 0 Å². The van der Waals surface area contributed by atoms with Gasteiger partial charge in [-0.05, 0) is 18.2 Å². The van der Waals surface area contributed by atoms with Crippen LogP contribution in [0.4, 0.5) is 0 Å². The van der Waals surface area contributed by atoms with Gasteiger partial charge < -0.3 is 9.84 Å². The molecule has 0 aliphatic carbocycles. The topological polar surface area (TPSA) is 77.2 Å². The van der Waals surface area contributed by atoms with Crippen LogP contribution in [-0.2, 0) is 11.3 Å². The number of rotatable bonds is 3. The molecule has 0 fully saturated rings. The van der Waals surface area contributed by atoms with E-state index in [-0.39, 0.29) is 12.2 Å². The van der Waals surface area contributed by atoms with Gasteiger partial charge in [0, 0.05) is 5.02 Å². The van der Waals surface area contributed by atoms with E-state index in [9.17, 15) is 4.79 Å². The summed E-state index contributed by atoms with van der Waals surface area (Å²) in [4.78, 5) is 11.7. The summed E-state index contributed by atoms with van der Waals surface area (Å²) >= 11 is 5.86. The van der Waals surface area contributed by atoms with Gasteiger partial charge in [0.2, 0.25) is 0 Å². The third kappa shape index (κ3) is 2.20. The first kappa shape index (κ1) is 12.5. The summed E-state index contributed by atoms with van der Waals surface area (Å²) in [5.74, 6) is -0.201. The van der Waals surface area contributed by atoms with Crippen LogP contribution >= 0.6 is 11.6 Å². The SMILES string of the molecule is COC(=O)c1cc(Cl)ccc1-n1cnnc1CO. The number of aromatic nitrogens is 3. The molecule has 0 saturated carbocycles. The minimum absolute atomic E-state index is 0.277. The molecule has 0 saturated heterocycles. The molecule has 1 aromatic carbocycles. The van der Waals surface area contributed by atoms with Gasteiger partial charge in [0.25, 0.3) is 0 Å². The van der Waals surface area contributed by atoms with Gasteiger partial charge in [0.15, 0.2) is 5.82 Å². The number of benzene rings is 1. The molecule has 0 radical (unpaired) electrons. The first-order valence-electron chi connectivity index (χ1n) is 5.05. The summed E-state index contributed by atoms with van der Waals surface area (Å²) in [6.45, 7) is -0.288. The van der Waals surface area contributed by atoms with Gasteiger partial charge >= 0.3 is 5.97 Å². The Balaban J connectivity index is 2.60. The maximum Gasteiger partial charge on any atom is 0.340 e. The molecule has 1 aromatic heterocycles. The summed E-state index contributed by atoms with van der Waals surface area (Å²) in [5.41, 5.74) is 0.778. The van der Waals surface area contributed by atoms with Gasteiger partial charge in [-0.2, -0.15) is 0 Å². The molecule has 0 atom stereocenters. The number of carbonyl (C=O) groups is 1. The van der Waals surface area contributed by atoms with Crippen molar-refractivity contribution in [2.75, 3.05) is 7.11 Å². The molecule has 0 bridgehead atoms. The summed E-state index contributed by atoms with van der Waals surface area (Å²) < 4.78 is 6.19. The van der Waals surface area contributed by atoms with Crippen molar-refractivity contribution in [2.45, 2.75) is 6.61 Å². The highest BCUT2D eigenvalue weighted by molar-refractivity contribution is 6.31. The molecule has 7 heteroatoms. The first-order chi connectivity index (χ1) is 8.67. The van der Waals surface area contributed by atoms with Crippen LogP contribution in [0.25, 0.3) is 5.69 Å². The number of hydrogen-bond donors (Lipinski definition) is 1. The van der Waals surface area contributed by atoms with Crippen molar-refractivity contribution in [3.8, 4) is 5.69 Å². The lowest BCUT2D eigenvalue weighted by atomic mass is 10.1. The predicted octanol–water partition coefficient (Wildman–Crippen LogP) is 1.20. The number of methoxy groups -OCH3 is 1. The molecule has 0 spiro atoms. The average Bonchev–Trinajstić information content (AvgIpc) is 2.85. The van der Waals surface area contributed by atoms with Crippen molar-refractivity contribution < 1.29 is 14.6 Å². The minimum atomic E-state index is -0.523. The summed E-state index contributed by atoms with van der Waals surface area (Å²) in [7, 11) is 1.28. The highest BCUT2D eigenvalue weighted by Gasteiger charge is 2.16. The van der Waals surface area contributed by atoms with Crippen LogP contribution in [0.15, 0.2) is 24.5 Å². The molecule has 1 N–H and O–H groups in total. The molecule has 2 aromatic rings. The largest absolute Gasteiger partial charge is 0.465 e. The van der Waals surface area contributed by atoms with Gasteiger partial charge in [-0.1, -0.05) is 11.6 Å². The Bertz CT molecular complexity index is 583. The molecule has 2 rings (SSSR count). The predicted molar refractivity (Wildman–Crippen MR) is 63.6 cm³/mol. The second-order valence-electron chi connectivity index (χ2n) is 3.43. The molecular formula is C11H10ClN3O3. The fraction of sp³-hybridized carbons (Fsp3) is 0.182. The van der Waals surface area contributed by atoms with E-state index in [4.69, 9.17) is 16.7 Å². The quantitative estimate of drug-likeness (QED) is 0.846. The third-order valence-corrected chi connectivity index (χ3v) is 2.62. The smallest absolute Gasteiger partial charge is 0.340 e. The number of esters is 1. The lowest BCUT2D eigenvalue weighted by Gasteiger charge is -2.10. The van der Waals surface area contributed by atoms with Crippen LogP contribution in [-0.4, -0.2) is 33.0 Å². The van der Waals surface area contributed by atoms with E-state index >= 15 is 0 Å². The monoisotopic (exact) mass is 267 g/mol.